The summed E-state index contributed by atoms with van der Waals surface area (Å²) in [6, 6.07) is 13.3. The van der Waals surface area contributed by atoms with Crippen molar-refractivity contribution in [3.8, 4) is 49.6 Å². The highest BCUT2D eigenvalue weighted by atomic mass is 32.1. The van der Waals surface area contributed by atoms with Crippen LogP contribution < -0.4 is 4.74 Å². The number of hydrogen-bond acceptors (Lipinski definition) is 3. The van der Waals surface area contributed by atoms with E-state index in [1.54, 1.807) is 29.8 Å². The van der Waals surface area contributed by atoms with Crippen LogP contribution in [0.15, 0.2) is 47.2 Å². The van der Waals surface area contributed by atoms with E-state index in [0.717, 1.165) is 22.4 Å². The van der Waals surface area contributed by atoms with E-state index in [2.05, 4.69) is 116 Å². The molecule has 0 amide bonds. The van der Waals surface area contributed by atoms with Gasteiger partial charge in [-0.2, -0.15) is 0 Å². The van der Waals surface area contributed by atoms with Crippen LogP contribution in [0.4, 0.5) is 0 Å². The van der Waals surface area contributed by atoms with Crippen LogP contribution in [-0.2, 0) is 0 Å². The molecular formula is C30H32OS2Si2. The lowest BCUT2D eigenvalue weighted by atomic mass is 9.96. The maximum atomic E-state index is 5.89. The number of methoxy groups -OCH3 is 1. The first-order chi connectivity index (χ1) is 16.4. The van der Waals surface area contributed by atoms with Crippen molar-refractivity contribution < 1.29 is 4.74 Å². The number of hydrogen-bond donors (Lipinski definition) is 0. The predicted octanol–water partition coefficient (Wildman–Crippen LogP) is 9.07. The van der Waals surface area contributed by atoms with Gasteiger partial charge < -0.3 is 4.74 Å². The standard InChI is InChI=1S/C30H32OS2Si2/c1-21-17-24-19-27(30-23(10-14-33-30)12-16-35(6,7)8)28(31-2)20-25(24)18-26(21)29-22(9-13-32-29)11-15-34(3,4)5/h9-10,13-14,17-20H,1-8H3. The minimum atomic E-state index is -1.46. The molecule has 0 aliphatic heterocycles. The number of thiophene rings is 2. The van der Waals surface area contributed by atoms with Crippen LogP contribution in [-0.4, -0.2) is 23.3 Å². The molecule has 0 fully saturated rings. The van der Waals surface area contributed by atoms with Crippen LogP contribution in [0, 0.1) is 29.9 Å². The minimum Gasteiger partial charge on any atom is -0.496 e. The van der Waals surface area contributed by atoms with Crippen molar-refractivity contribution in [1.29, 1.82) is 0 Å². The summed E-state index contributed by atoms with van der Waals surface area (Å²) in [7, 11) is -1.15. The van der Waals surface area contributed by atoms with E-state index >= 15 is 0 Å². The fourth-order valence-electron chi connectivity index (χ4n) is 3.78. The third-order valence-corrected chi connectivity index (χ3v) is 9.11. The van der Waals surface area contributed by atoms with Crippen molar-refractivity contribution in [3.63, 3.8) is 0 Å². The van der Waals surface area contributed by atoms with Crippen molar-refractivity contribution in [2.45, 2.75) is 46.2 Å². The van der Waals surface area contributed by atoms with E-state index in [4.69, 9.17) is 4.74 Å². The first-order valence-electron chi connectivity index (χ1n) is 11.8. The molecule has 0 saturated heterocycles. The Morgan fingerprint density at radius 3 is 1.69 bits per heavy atom. The molecule has 2 heterocycles. The van der Waals surface area contributed by atoms with Gasteiger partial charge in [0.1, 0.15) is 21.9 Å². The van der Waals surface area contributed by atoms with E-state index in [9.17, 15) is 0 Å². The van der Waals surface area contributed by atoms with Gasteiger partial charge in [-0.3, -0.25) is 0 Å². The van der Waals surface area contributed by atoms with E-state index in [0.29, 0.717) is 0 Å². The second kappa shape index (κ2) is 9.84. The third-order valence-electron chi connectivity index (χ3n) is 5.47. The zero-order chi connectivity index (χ0) is 25.4. The second-order valence-electron chi connectivity index (χ2n) is 10.9. The average Bonchev–Trinajstić information content (AvgIpc) is 3.43. The van der Waals surface area contributed by atoms with Crippen LogP contribution >= 0.6 is 22.7 Å². The summed E-state index contributed by atoms with van der Waals surface area (Å²) < 4.78 is 5.89. The van der Waals surface area contributed by atoms with Crippen molar-refractivity contribution >= 4 is 49.6 Å². The van der Waals surface area contributed by atoms with Crippen LogP contribution in [0.2, 0.25) is 39.3 Å². The molecule has 2 aromatic heterocycles. The number of rotatable bonds is 3. The summed E-state index contributed by atoms with van der Waals surface area (Å²) in [5, 5.41) is 6.67. The summed E-state index contributed by atoms with van der Waals surface area (Å²) >= 11 is 3.50. The van der Waals surface area contributed by atoms with Gasteiger partial charge in [0.2, 0.25) is 0 Å². The quantitative estimate of drug-likeness (QED) is 0.190. The summed E-state index contributed by atoms with van der Waals surface area (Å²) in [5.41, 5.74) is 12.9. The molecule has 0 unspecified atom stereocenters. The Bertz CT molecular complexity index is 1520. The molecule has 0 radical (unpaired) electrons. The first kappa shape index (κ1) is 25.5. The molecule has 0 aliphatic rings. The van der Waals surface area contributed by atoms with Crippen molar-refractivity contribution in [2.75, 3.05) is 7.11 Å². The number of fused-ring (bicyclic) bond motifs is 1. The van der Waals surface area contributed by atoms with Gasteiger partial charge in [-0.25, -0.2) is 0 Å². The number of aryl methyl sites for hydroxylation is 1. The van der Waals surface area contributed by atoms with Crippen LogP contribution in [0.25, 0.3) is 31.7 Å². The molecule has 0 spiro atoms. The molecule has 178 valence electrons. The molecule has 0 bridgehead atoms. The molecule has 0 atom stereocenters. The predicted molar refractivity (Wildman–Crippen MR) is 162 cm³/mol. The first-order valence-corrected chi connectivity index (χ1v) is 20.6. The lowest BCUT2D eigenvalue weighted by Crippen LogP contribution is -2.16. The largest absolute Gasteiger partial charge is 0.496 e. The molecule has 0 aliphatic carbocycles. The van der Waals surface area contributed by atoms with Gasteiger partial charge in [-0.1, -0.05) is 57.2 Å². The van der Waals surface area contributed by atoms with Crippen LogP contribution in [0.3, 0.4) is 0 Å². The smallest absolute Gasteiger partial charge is 0.129 e. The van der Waals surface area contributed by atoms with Gasteiger partial charge in [-0.05, 0) is 69.9 Å². The zero-order valence-electron chi connectivity index (χ0n) is 21.8. The highest BCUT2D eigenvalue weighted by Crippen LogP contribution is 2.41. The highest BCUT2D eigenvalue weighted by molar-refractivity contribution is 7.14. The fourth-order valence-corrected chi connectivity index (χ4v) is 6.60. The van der Waals surface area contributed by atoms with Crippen molar-refractivity contribution in [2.24, 2.45) is 0 Å². The van der Waals surface area contributed by atoms with Gasteiger partial charge in [-0.15, -0.1) is 33.8 Å². The van der Waals surface area contributed by atoms with Crippen LogP contribution in [0.1, 0.15) is 16.7 Å². The lowest BCUT2D eigenvalue weighted by molar-refractivity contribution is 0.417. The Balaban J connectivity index is 1.84. The Morgan fingerprint density at radius 2 is 1.17 bits per heavy atom. The SMILES string of the molecule is COc1cc2cc(-c3sccc3C#C[Si](C)(C)C)c(C)cc2cc1-c1sccc1C#C[Si](C)(C)C. The summed E-state index contributed by atoms with van der Waals surface area (Å²) in [6.07, 6.45) is 0. The van der Waals surface area contributed by atoms with E-state index in [1.807, 2.05) is 0 Å². The fraction of sp³-hybridized carbons (Fsp3) is 0.267. The Morgan fingerprint density at radius 1 is 0.686 bits per heavy atom. The molecule has 1 nitrogen and oxygen atoms in total. The van der Waals surface area contributed by atoms with Crippen LogP contribution in [0.5, 0.6) is 5.75 Å². The Labute approximate surface area is 220 Å². The Hall–Kier alpha value is -2.55. The van der Waals surface area contributed by atoms with E-state index in [1.165, 1.54) is 31.7 Å². The highest BCUT2D eigenvalue weighted by Gasteiger charge is 2.16. The summed E-state index contributed by atoms with van der Waals surface area (Å²) in [6.45, 7) is 15.9. The minimum absolute atomic E-state index is 0.885. The topological polar surface area (TPSA) is 9.23 Å². The van der Waals surface area contributed by atoms with Crippen molar-refractivity contribution in [1.82, 2.24) is 0 Å². The van der Waals surface area contributed by atoms with Gasteiger partial charge in [0, 0.05) is 16.7 Å². The molecule has 35 heavy (non-hydrogen) atoms. The summed E-state index contributed by atoms with van der Waals surface area (Å²) in [5.74, 6) is 7.82. The molecule has 0 N–H and O–H groups in total. The molecule has 2 aromatic carbocycles. The summed E-state index contributed by atoms with van der Waals surface area (Å²) in [4.78, 5) is 2.43. The number of ether oxygens (including phenoxy) is 1. The monoisotopic (exact) mass is 528 g/mol. The van der Waals surface area contributed by atoms with Crippen molar-refractivity contribution in [3.05, 3.63) is 63.8 Å². The maximum absolute atomic E-state index is 5.89. The molecule has 4 aromatic rings. The maximum Gasteiger partial charge on any atom is 0.129 e. The molecule has 0 saturated carbocycles. The third kappa shape index (κ3) is 6.00. The molecular weight excluding hydrogens is 497 g/mol. The number of benzene rings is 2. The molecule has 5 heteroatoms. The normalized spacial score (nSPS) is 11.5. The second-order valence-corrected chi connectivity index (χ2v) is 22.2. The van der Waals surface area contributed by atoms with Gasteiger partial charge in [0.25, 0.3) is 0 Å². The zero-order valence-corrected chi connectivity index (χ0v) is 25.5. The van der Waals surface area contributed by atoms with Gasteiger partial charge in [0.05, 0.1) is 16.9 Å². The average molecular weight is 529 g/mol. The van der Waals surface area contributed by atoms with Gasteiger partial charge in [0.15, 0.2) is 0 Å². The Kier molecular flexibility index (Phi) is 7.18. The van der Waals surface area contributed by atoms with E-state index < -0.39 is 16.1 Å². The molecule has 4 rings (SSSR count). The van der Waals surface area contributed by atoms with Gasteiger partial charge >= 0.3 is 0 Å². The lowest BCUT2D eigenvalue weighted by Gasteiger charge is -2.13. The van der Waals surface area contributed by atoms with E-state index in [-0.39, 0.29) is 0 Å².